The van der Waals surface area contributed by atoms with E-state index in [1.165, 1.54) is 17.0 Å². The van der Waals surface area contributed by atoms with E-state index in [2.05, 4.69) is 9.97 Å². The van der Waals surface area contributed by atoms with E-state index in [1.807, 2.05) is 0 Å². The van der Waals surface area contributed by atoms with Gasteiger partial charge in [-0.1, -0.05) is 0 Å². The van der Waals surface area contributed by atoms with Crippen LogP contribution in [0.2, 0.25) is 0 Å². The largest absolute Gasteiger partial charge is 0.395 e. The van der Waals surface area contributed by atoms with Crippen molar-refractivity contribution in [2.45, 2.75) is 6.92 Å². The molecule has 0 aliphatic rings. The Balaban J connectivity index is 2.72. The number of rotatable bonds is 6. The highest BCUT2D eigenvalue weighted by molar-refractivity contribution is 5.87. The van der Waals surface area contributed by atoms with E-state index >= 15 is 0 Å². The summed E-state index contributed by atoms with van der Waals surface area (Å²) < 4.78 is 0. The molecule has 0 aliphatic heterocycles. The van der Waals surface area contributed by atoms with Crippen LogP contribution in [0.15, 0.2) is 16.9 Å². The van der Waals surface area contributed by atoms with Crippen molar-refractivity contribution in [1.29, 1.82) is 0 Å². The second kappa shape index (κ2) is 6.50. The zero-order chi connectivity index (χ0) is 16.3. The number of nitrogens with one attached hydrogen (secondary N) is 1. The Morgan fingerprint density at radius 3 is 2.50 bits per heavy atom. The second-order valence-corrected chi connectivity index (χ2v) is 4.70. The maximum Gasteiger partial charge on any atom is 0.294 e. The summed E-state index contributed by atoms with van der Waals surface area (Å²) in [7, 11) is 0. The molecule has 0 atom stereocenters. The molecule has 0 bridgehead atoms. The van der Waals surface area contributed by atoms with E-state index in [9.17, 15) is 14.9 Å². The monoisotopic (exact) mass is 308 g/mol. The fraction of sp³-hybridized carbons (Fsp3) is 0.385. The molecule has 118 valence electrons. The molecule has 1 aromatic heterocycles. The lowest BCUT2D eigenvalue weighted by molar-refractivity contribution is -0.384. The number of nitrogens with zero attached hydrogens (tertiary/aromatic N) is 3. The van der Waals surface area contributed by atoms with Crippen molar-refractivity contribution >= 4 is 22.3 Å². The molecule has 0 fully saturated rings. The molecule has 0 amide bonds. The minimum absolute atomic E-state index is 0.101. The number of aryl methyl sites for hydroxylation is 1. The third-order valence-electron chi connectivity index (χ3n) is 3.20. The number of nitro groups is 1. The van der Waals surface area contributed by atoms with Gasteiger partial charge in [-0.2, -0.15) is 0 Å². The Hall–Kier alpha value is -2.52. The van der Waals surface area contributed by atoms with E-state index in [0.717, 1.165) is 0 Å². The maximum atomic E-state index is 12.0. The molecule has 0 unspecified atom stereocenters. The standard InChI is InChI=1S/C13H16N4O5/c1-8-14-10-7-12(17(21)22)11(6-9(10)13(20)15-8)16(2-4-18)3-5-19/h6-7,18-19H,2-5H2,1H3,(H,14,15,20). The van der Waals surface area contributed by atoms with Gasteiger partial charge in [-0.25, -0.2) is 4.98 Å². The number of hydrogen-bond donors (Lipinski definition) is 3. The first-order valence-corrected chi connectivity index (χ1v) is 6.63. The van der Waals surface area contributed by atoms with Crippen LogP contribution < -0.4 is 10.5 Å². The number of benzene rings is 1. The van der Waals surface area contributed by atoms with E-state index < -0.39 is 10.5 Å². The van der Waals surface area contributed by atoms with Crippen LogP contribution in [0.5, 0.6) is 0 Å². The number of fused-ring (bicyclic) bond motifs is 1. The van der Waals surface area contributed by atoms with Gasteiger partial charge < -0.3 is 20.1 Å². The van der Waals surface area contributed by atoms with Crippen molar-refractivity contribution in [3.05, 3.63) is 38.4 Å². The zero-order valence-electron chi connectivity index (χ0n) is 11.9. The molecule has 1 aromatic carbocycles. The molecule has 9 nitrogen and oxygen atoms in total. The Morgan fingerprint density at radius 1 is 1.32 bits per heavy atom. The summed E-state index contributed by atoms with van der Waals surface area (Å²) in [5, 5.41) is 29.7. The van der Waals surface area contributed by atoms with Crippen LogP contribution in [0.4, 0.5) is 11.4 Å². The number of aliphatic hydroxyl groups is 2. The summed E-state index contributed by atoms with van der Waals surface area (Å²) in [6, 6.07) is 2.60. The summed E-state index contributed by atoms with van der Waals surface area (Å²) >= 11 is 0. The Bertz CT molecular complexity index is 752. The molecule has 0 aliphatic carbocycles. The summed E-state index contributed by atoms with van der Waals surface area (Å²) in [6.45, 7) is 1.31. The van der Waals surface area contributed by atoms with Gasteiger partial charge in [0.15, 0.2) is 0 Å². The number of aromatic nitrogens is 2. The van der Waals surface area contributed by atoms with Gasteiger partial charge in [-0.3, -0.25) is 14.9 Å². The van der Waals surface area contributed by atoms with E-state index in [0.29, 0.717) is 5.82 Å². The first-order chi connectivity index (χ1) is 10.5. The van der Waals surface area contributed by atoms with Crippen LogP contribution in [-0.4, -0.2) is 51.4 Å². The Kier molecular flexibility index (Phi) is 4.68. The highest BCUT2D eigenvalue weighted by Gasteiger charge is 2.21. The van der Waals surface area contributed by atoms with Gasteiger partial charge >= 0.3 is 0 Å². The summed E-state index contributed by atoms with van der Waals surface area (Å²) in [4.78, 5) is 30.8. The fourth-order valence-electron chi connectivity index (χ4n) is 2.27. The first kappa shape index (κ1) is 15.9. The first-order valence-electron chi connectivity index (χ1n) is 6.63. The van der Waals surface area contributed by atoms with Crippen LogP contribution >= 0.6 is 0 Å². The predicted octanol–water partition coefficient (Wildman–Crippen LogP) is -0.0693. The summed E-state index contributed by atoms with van der Waals surface area (Å²) in [6.07, 6.45) is 0. The van der Waals surface area contributed by atoms with Crippen LogP contribution in [0.1, 0.15) is 5.82 Å². The van der Waals surface area contributed by atoms with Gasteiger partial charge in [0, 0.05) is 19.2 Å². The lowest BCUT2D eigenvalue weighted by Crippen LogP contribution is -2.30. The third-order valence-corrected chi connectivity index (χ3v) is 3.20. The quantitative estimate of drug-likeness (QED) is 0.502. The van der Waals surface area contributed by atoms with Crippen molar-refractivity contribution in [3.63, 3.8) is 0 Å². The smallest absolute Gasteiger partial charge is 0.294 e. The predicted molar refractivity (Wildman–Crippen MR) is 80.1 cm³/mol. The molecular formula is C13H16N4O5. The average Bonchev–Trinajstić information content (AvgIpc) is 2.45. The molecule has 2 aromatic rings. The van der Waals surface area contributed by atoms with Gasteiger partial charge in [-0.05, 0) is 13.0 Å². The Morgan fingerprint density at radius 2 is 1.95 bits per heavy atom. The van der Waals surface area contributed by atoms with Crippen molar-refractivity contribution in [3.8, 4) is 0 Å². The summed E-state index contributed by atoms with van der Waals surface area (Å²) in [5.41, 5.74) is -0.236. The minimum atomic E-state index is -0.575. The normalized spacial score (nSPS) is 10.9. The number of anilines is 1. The SMILES string of the molecule is Cc1nc2cc([N+](=O)[O-])c(N(CCO)CCO)cc2c(=O)[nH]1. The van der Waals surface area contributed by atoms with Crippen molar-refractivity contribution < 1.29 is 15.1 Å². The van der Waals surface area contributed by atoms with E-state index in [4.69, 9.17) is 10.2 Å². The lowest BCUT2D eigenvalue weighted by atomic mass is 10.1. The molecule has 0 radical (unpaired) electrons. The number of aliphatic hydroxyl groups excluding tert-OH is 2. The molecule has 9 heteroatoms. The minimum Gasteiger partial charge on any atom is -0.395 e. The van der Waals surface area contributed by atoms with Gasteiger partial charge in [0.1, 0.15) is 11.5 Å². The maximum absolute atomic E-state index is 12.0. The van der Waals surface area contributed by atoms with Gasteiger partial charge in [0.25, 0.3) is 11.2 Å². The number of H-pyrrole nitrogens is 1. The van der Waals surface area contributed by atoms with Crippen LogP contribution in [0.25, 0.3) is 10.9 Å². The number of aromatic amines is 1. The second-order valence-electron chi connectivity index (χ2n) is 4.70. The van der Waals surface area contributed by atoms with Crippen LogP contribution in [0, 0.1) is 17.0 Å². The molecule has 0 saturated heterocycles. The molecule has 0 saturated carbocycles. The molecule has 3 N–H and O–H groups in total. The van der Waals surface area contributed by atoms with E-state index in [1.54, 1.807) is 6.92 Å². The summed E-state index contributed by atoms with van der Waals surface area (Å²) in [5.74, 6) is 0.363. The van der Waals surface area contributed by atoms with E-state index in [-0.39, 0.29) is 48.6 Å². The molecule has 1 heterocycles. The van der Waals surface area contributed by atoms with Crippen LogP contribution in [-0.2, 0) is 0 Å². The highest BCUT2D eigenvalue weighted by Crippen LogP contribution is 2.31. The van der Waals surface area contributed by atoms with Gasteiger partial charge in [-0.15, -0.1) is 0 Å². The lowest BCUT2D eigenvalue weighted by Gasteiger charge is -2.22. The van der Waals surface area contributed by atoms with Crippen molar-refractivity contribution in [2.24, 2.45) is 0 Å². The molecule has 0 spiro atoms. The van der Waals surface area contributed by atoms with Gasteiger partial charge in [0.2, 0.25) is 0 Å². The topological polar surface area (TPSA) is 133 Å². The number of hydrogen-bond acceptors (Lipinski definition) is 7. The zero-order valence-corrected chi connectivity index (χ0v) is 11.9. The highest BCUT2D eigenvalue weighted by atomic mass is 16.6. The third kappa shape index (κ3) is 3.05. The number of nitro benzene ring substituents is 1. The van der Waals surface area contributed by atoms with Crippen molar-refractivity contribution in [1.82, 2.24) is 9.97 Å². The molecule has 2 rings (SSSR count). The molecular weight excluding hydrogens is 292 g/mol. The van der Waals surface area contributed by atoms with Crippen molar-refractivity contribution in [2.75, 3.05) is 31.2 Å². The Labute approximate surface area is 125 Å². The average molecular weight is 308 g/mol. The fourth-order valence-corrected chi connectivity index (χ4v) is 2.27. The van der Waals surface area contributed by atoms with Gasteiger partial charge in [0.05, 0.1) is 29.0 Å². The molecule has 22 heavy (non-hydrogen) atoms. The van der Waals surface area contributed by atoms with Crippen LogP contribution in [0.3, 0.4) is 0 Å².